The Morgan fingerprint density at radius 3 is 3.09 bits per heavy atom. The lowest BCUT2D eigenvalue weighted by Crippen LogP contribution is -2.44. The third-order valence-electron chi connectivity index (χ3n) is 3.45. The number of amides is 1. The van der Waals surface area contributed by atoms with Gasteiger partial charge in [-0.05, 0) is 24.3 Å². The highest BCUT2D eigenvalue weighted by Gasteiger charge is 2.27. The van der Waals surface area contributed by atoms with Crippen molar-refractivity contribution in [2.75, 3.05) is 13.1 Å². The normalized spacial score (nSPS) is 17.8. The summed E-state index contributed by atoms with van der Waals surface area (Å²) in [5.41, 5.74) is 0.171. The second kappa shape index (κ2) is 6.54. The molecule has 0 saturated carbocycles. The first-order valence-electron chi connectivity index (χ1n) is 6.98. The van der Waals surface area contributed by atoms with Gasteiger partial charge in [0.05, 0.1) is 11.4 Å². The van der Waals surface area contributed by atoms with E-state index in [2.05, 4.69) is 9.97 Å². The molecule has 2 aromatic heterocycles. The molecule has 1 atom stereocenters. The number of piperidine rings is 1. The minimum absolute atomic E-state index is 0.0305. The zero-order valence-corrected chi connectivity index (χ0v) is 12.6. The van der Waals surface area contributed by atoms with E-state index in [1.165, 1.54) is 23.7 Å². The van der Waals surface area contributed by atoms with E-state index in [-0.39, 0.29) is 23.6 Å². The Bertz CT molecular complexity index is 696. The Balaban J connectivity index is 1.68. The van der Waals surface area contributed by atoms with Gasteiger partial charge in [0.2, 0.25) is 5.69 Å². The number of aromatic nitrogens is 2. The lowest BCUT2D eigenvalue weighted by molar-refractivity contribution is 0.0530. The topological polar surface area (TPSA) is 79.1 Å². The van der Waals surface area contributed by atoms with E-state index in [9.17, 15) is 4.79 Å². The summed E-state index contributed by atoms with van der Waals surface area (Å²) < 4.78 is 5.79. The molecule has 22 heavy (non-hydrogen) atoms. The fourth-order valence-corrected chi connectivity index (χ4v) is 3.11. The summed E-state index contributed by atoms with van der Waals surface area (Å²) in [5, 5.41) is 10.9. The molecular formula is C15H14N4O2S. The van der Waals surface area contributed by atoms with Crippen LogP contribution < -0.4 is 4.74 Å². The molecule has 0 aromatic carbocycles. The number of nitrogens with zero attached hydrogens (tertiary/aromatic N) is 4. The summed E-state index contributed by atoms with van der Waals surface area (Å²) in [6.45, 7) is 1.22. The fraction of sp³-hybridized carbons (Fsp3) is 0.333. The molecule has 1 fully saturated rings. The standard InChI is InChI=1S/C15H14N4O2S/c16-9-12-14(18-6-5-17-12)21-11-3-1-7-19(10-11)15(20)13-4-2-8-22-13/h2,4-6,8,11H,1,3,7,10H2/t11-/m1/s1. The summed E-state index contributed by atoms with van der Waals surface area (Å²) >= 11 is 1.44. The summed E-state index contributed by atoms with van der Waals surface area (Å²) in [6, 6.07) is 5.66. The van der Waals surface area contributed by atoms with Gasteiger partial charge in [0.1, 0.15) is 12.2 Å². The van der Waals surface area contributed by atoms with E-state index < -0.39 is 0 Å². The number of rotatable bonds is 3. The molecule has 1 saturated heterocycles. The fourth-order valence-electron chi connectivity index (χ4n) is 2.42. The molecule has 7 heteroatoms. The van der Waals surface area contributed by atoms with Gasteiger partial charge in [0.25, 0.3) is 11.8 Å². The van der Waals surface area contributed by atoms with E-state index in [4.69, 9.17) is 10.00 Å². The van der Waals surface area contributed by atoms with Crippen molar-refractivity contribution in [3.63, 3.8) is 0 Å². The van der Waals surface area contributed by atoms with Crippen LogP contribution >= 0.6 is 11.3 Å². The van der Waals surface area contributed by atoms with Crippen LogP contribution in [0.3, 0.4) is 0 Å². The quantitative estimate of drug-likeness (QED) is 0.866. The van der Waals surface area contributed by atoms with Gasteiger partial charge in [0.15, 0.2) is 0 Å². The Kier molecular flexibility index (Phi) is 4.30. The predicted octanol–water partition coefficient (Wildman–Crippen LogP) is 2.09. The maximum absolute atomic E-state index is 12.4. The highest BCUT2D eigenvalue weighted by Crippen LogP contribution is 2.21. The molecule has 0 bridgehead atoms. The summed E-state index contributed by atoms with van der Waals surface area (Å²) in [7, 11) is 0. The molecule has 112 valence electrons. The Morgan fingerprint density at radius 2 is 2.32 bits per heavy atom. The van der Waals surface area contributed by atoms with Crippen LogP contribution in [-0.2, 0) is 0 Å². The molecule has 1 aliphatic rings. The van der Waals surface area contributed by atoms with E-state index >= 15 is 0 Å². The monoisotopic (exact) mass is 314 g/mol. The lowest BCUT2D eigenvalue weighted by atomic mass is 10.1. The number of hydrogen-bond acceptors (Lipinski definition) is 6. The zero-order chi connectivity index (χ0) is 15.4. The molecule has 0 spiro atoms. The Morgan fingerprint density at radius 1 is 1.45 bits per heavy atom. The largest absolute Gasteiger partial charge is 0.470 e. The molecule has 3 heterocycles. The second-order valence-corrected chi connectivity index (χ2v) is 5.88. The molecule has 0 radical (unpaired) electrons. The molecule has 0 unspecified atom stereocenters. The van der Waals surface area contributed by atoms with Gasteiger partial charge in [-0.1, -0.05) is 6.07 Å². The highest BCUT2D eigenvalue weighted by atomic mass is 32.1. The number of carbonyl (C=O) groups is 1. The van der Waals surface area contributed by atoms with Crippen molar-refractivity contribution < 1.29 is 9.53 Å². The number of carbonyl (C=O) groups excluding carboxylic acids is 1. The van der Waals surface area contributed by atoms with E-state index in [0.29, 0.717) is 6.54 Å². The first kappa shape index (κ1) is 14.5. The maximum atomic E-state index is 12.4. The molecule has 2 aromatic rings. The number of hydrogen-bond donors (Lipinski definition) is 0. The van der Waals surface area contributed by atoms with Crippen molar-refractivity contribution in [2.45, 2.75) is 18.9 Å². The van der Waals surface area contributed by atoms with Gasteiger partial charge >= 0.3 is 0 Å². The minimum atomic E-state index is -0.165. The second-order valence-electron chi connectivity index (χ2n) is 4.93. The minimum Gasteiger partial charge on any atom is -0.470 e. The summed E-state index contributed by atoms with van der Waals surface area (Å²) in [6.07, 6.45) is 4.48. The van der Waals surface area contributed by atoms with Crippen molar-refractivity contribution in [1.82, 2.24) is 14.9 Å². The SMILES string of the molecule is N#Cc1nccnc1O[C@@H]1CCCN(C(=O)c2cccs2)C1. The number of ether oxygens (including phenoxy) is 1. The van der Waals surface area contributed by atoms with Crippen LogP contribution in [0.5, 0.6) is 5.88 Å². The van der Waals surface area contributed by atoms with Crippen molar-refractivity contribution in [3.8, 4) is 11.9 Å². The highest BCUT2D eigenvalue weighted by molar-refractivity contribution is 7.12. The van der Waals surface area contributed by atoms with Crippen molar-refractivity contribution in [1.29, 1.82) is 5.26 Å². The first-order valence-corrected chi connectivity index (χ1v) is 7.86. The van der Waals surface area contributed by atoms with Gasteiger partial charge in [-0.15, -0.1) is 11.3 Å². The van der Waals surface area contributed by atoms with Crippen molar-refractivity contribution in [3.05, 3.63) is 40.5 Å². The van der Waals surface area contributed by atoms with Crippen LogP contribution in [0.4, 0.5) is 0 Å². The van der Waals surface area contributed by atoms with Crippen LogP contribution in [-0.4, -0.2) is 40.0 Å². The number of nitriles is 1. The molecule has 0 aliphatic carbocycles. The number of thiophene rings is 1. The summed E-state index contributed by atoms with van der Waals surface area (Å²) in [5.74, 6) is 0.267. The van der Waals surface area contributed by atoms with E-state index in [0.717, 1.165) is 24.3 Å². The molecule has 3 rings (SSSR count). The van der Waals surface area contributed by atoms with Gasteiger partial charge in [-0.25, -0.2) is 9.97 Å². The maximum Gasteiger partial charge on any atom is 0.264 e. The lowest BCUT2D eigenvalue weighted by Gasteiger charge is -2.32. The average Bonchev–Trinajstić information content (AvgIpc) is 3.09. The molecule has 1 amide bonds. The zero-order valence-electron chi connectivity index (χ0n) is 11.8. The van der Waals surface area contributed by atoms with Gasteiger partial charge < -0.3 is 9.64 Å². The predicted molar refractivity (Wildman–Crippen MR) is 80.6 cm³/mol. The van der Waals surface area contributed by atoms with Crippen LogP contribution in [0.1, 0.15) is 28.2 Å². The Labute approximate surface area is 132 Å². The third kappa shape index (κ3) is 3.07. The van der Waals surface area contributed by atoms with Crippen molar-refractivity contribution >= 4 is 17.2 Å². The van der Waals surface area contributed by atoms with Crippen LogP contribution in [0, 0.1) is 11.3 Å². The van der Waals surface area contributed by atoms with E-state index in [1.807, 2.05) is 23.6 Å². The van der Waals surface area contributed by atoms with Crippen LogP contribution in [0.15, 0.2) is 29.9 Å². The Hall–Kier alpha value is -2.46. The average molecular weight is 314 g/mol. The third-order valence-corrected chi connectivity index (χ3v) is 4.30. The molecule has 1 aliphatic heterocycles. The molecule has 0 N–H and O–H groups in total. The van der Waals surface area contributed by atoms with E-state index in [1.54, 1.807) is 4.90 Å². The van der Waals surface area contributed by atoms with Gasteiger partial charge in [-0.3, -0.25) is 4.79 Å². The first-order chi connectivity index (χ1) is 10.8. The van der Waals surface area contributed by atoms with Crippen LogP contribution in [0.25, 0.3) is 0 Å². The van der Waals surface area contributed by atoms with Crippen molar-refractivity contribution in [2.24, 2.45) is 0 Å². The van der Waals surface area contributed by atoms with Gasteiger partial charge in [-0.2, -0.15) is 5.26 Å². The number of likely N-dealkylation sites (tertiary alicyclic amines) is 1. The molecular weight excluding hydrogens is 300 g/mol. The molecule has 6 nitrogen and oxygen atoms in total. The van der Waals surface area contributed by atoms with Crippen LogP contribution in [0.2, 0.25) is 0 Å². The smallest absolute Gasteiger partial charge is 0.264 e. The summed E-state index contributed by atoms with van der Waals surface area (Å²) in [4.78, 5) is 22.9. The van der Waals surface area contributed by atoms with Gasteiger partial charge in [0, 0.05) is 18.9 Å².